The molecule has 0 atom stereocenters. The van der Waals surface area contributed by atoms with Crippen LogP contribution in [-0.2, 0) is 0 Å². The number of rotatable bonds is 1. The topological polar surface area (TPSA) is 17.8 Å². The molecule has 0 saturated carbocycles. The third-order valence-electron chi connectivity index (χ3n) is 1.67. The number of hydrogen-bond acceptors (Lipinski definition) is 1. The maximum Gasteiger partial charge on any atom is 0.138 e. The van der Waals surface area contributed by atoms with E-state index in [-0.39, 0.29) is 5.82 Å². The molecule has 4 heteroatoms. The van der Waals surface area contributed by atoms with E-state index in [1.54, 1.807) is 29.2 Å². The van der Waals surface area contributed by atoms with Crippen LogP contribution in [0.1, 0.15) is 0 Å². The molecular weight excluding hydrogens is 282 g/mol. The standard InChI is InChI=1S/C9H6FIN2/c10-8-6-7(2-3-9(8)11)13-5-1-4-12-13/h1-6H. The average Bonchev–Trinajstić information content (AvgIpc) is 2.62. The van der Waals surface area contributed by atoms with Crippen LogP contribution in [0.5, 0.6) is 0 Å². The Morgan fingerprint density at radius 3 is 2.85 bits per heavy atom. The van der Waals surface area contributed by atoms with Crippen molar-refractivity contribution in [1.82, 2.24) is 9.78 Å². The van der Waals surface area contributed by atoms with Gasteiger partial charge in [0.15, 0.2) is 0 Å². The zero-order valence-electron chi connectivity index (χ0n) is 6.61. The van der Waals surface area contributed by atoms with Gasteiger partial charge in [0.25, 0.3) is 0 Å². The molecule has 0 N–H and O–H groups in total. The minimum absolute atomic E-state index is 0.214. The van der Waals surface area contributed by atoms with Crippen LogP contribution in [0.15, 0.2) is 36.7 Å². The Balaban J connectivity index is 2.49. The molecule has 0 aliphatic heterocycles. The summed E-state index contributed by atoms with van der Waals surface area (Å²) in [7, 11) is 0. The van der Waals surface area contributed by atoms with Crippen LogP contribution in [-0.4, -0.2) is 9.78 Å². The smallest absolute Gasteiger partial charge is 0.138 e. The fourth-order valence-electron chi connectivity index (χ4n) is 1.05. The van der Waals surface area contributed by atoms with Crippen LogP contribution in [0, 0.1) is 9.39 Å². The highest BCUT2D eigenvalue weighted by atomic mass is 127. The van der Waals surface area contributed by atoms with Crippen LogP contribution in [0.4, 0.5) is 4.39 Å². The van der Waals surface area contributed by atoms with Crippen LogP contribution in [0.2, 0.25) is 0 Å². The lowest BCUT2D eigenvalue weighted by Gasteiger charge is -2.01. The van der Waals surface area contributed by atoms with E-state index in [2.05, 4.69) is 5.10 Å². The first-order valence-corrected chi connectivity index (χ1v) is 4.80. The van der Waals surface area contributed by atoms with E-state index in [9.17, 15) is 4.39 Å². The summed E-state index contributed by atoms with van der Waals surface area (Å²) in [6, 6.07) is 6.83. The van der Waals surface area contributed by atoms with Crippen LogP contribution in [0.25, 0.3) is 5.69 Å². The zero-order valence-corrected chi connectivity index (χ0v) is 8.77. The normalized spacial score (nSPS) is 10.3. The fraction of sp³-hybridized carbons (Fsp3) is 0. The molecule has 2 rings (SSSR count). The predicted octanol–water partition coefficient (Wildman–Crippen LogP) is 2.62. The Labute approximate surface area is 88.5 Å². The molecule has 0 spiro atoms. The van der Waals surface area contributed by atoms with Gasteiger partial charge in [-0.1, -0.05) is 0 Å². The summed E-state index contributed by atoms with van der Waals surface area (Å²) in [5, 5.41) is 4.00. The summed E-state index contributed by atoms with van der Waals surface area (Å²) in [5.41, 5.74) is 0.739. The minimum atomic E-state index is -0.214. The van der Waals surface area contributed by atoms with E-state index in [1.807, 2.05) is 28.7 Å². The van der Waals surface area contributed by atoms with Gasteiger partial charge in [0.05, 0.1) is 5.69 Å². The van der Waals surface area contributed by atoms with Crippen molar-refractivity contribution in [3.05, 3.63) is 46.0 Å². The number of halogens is 2. The van der Waals surface area contributed by atoms with Gasteiger partial charge in [-0.15, -0.1) is 0 Å². The van der Waals surface area contributed by atoms with E-state index in [0.717, 1.165) is 5.69 Å². The minimum Gasteiger partial charge on any atom is -0.241 e. The molecular formula is C9H6FIN2. The van der Waals surface area contributed by atoms with Crippen molar-refractivity contribution in [2.75, 3.05) is 0 Å². The molecule has 2 nitrogen and oxygen atoms in total. The molecule has 0 fully saturated rings. The quantitative estimate of drug-likeness (QED) is 0.738. The first-order valence-electron chi connectivity index (χ1n) is 3.72. The molecule has 0 aliphatic rings. The zero-order chi connectivity index (χ0) is 9.26. The van der Waals surface area contributed by atoms with Crippen molar-refractivity contribution < 1.29 is 4.39 Å². The third-order valence-corrected chi connectivity index (χ3v) is 2.55. The van der Waals surface area contributed by atoms with Gasteiger partial charge in [-0.3, -0.25) is 0 Å². The molecule has 2 aromatic rings. The van der Waals surface area contributed by atoms with Crippen molar-refractivity contribution >= 4 is 22.6 Å². The van der Waals surface area contributed by atoms with Gasteiger partial charge in [-0.25, -0.2) is 9.07 Å². The van der Waals surface area contributed by atoms with Gasteiger partial charge < -0.3 is 0 Å². The van der Waals surface area contributed by atoms with Crippen molar-refractivity contribution in [2.24, 2.45) is 0 Å². The fourth-order valence-corrected chi connectivity index (χ4v) is 1.38. The maximum absolute atomic E-state index is 13.1. The van der Waals surface area contributed by atoms with Crippen LogP contribution in [0.3, 0.4) is 0 Å². The third kappa shape index (κ3) is 1.72. The second-order valence-corrected chi connectivity index (χ2v) is 3.71. The summed E-state index contributed by atoms with van der Waals surface area (Å²) in [5.74, 6) is -0.214. The molecule has 0 unspecified atom stereocenters. The van der Waals surface area contributed by atoms with E-state index in [1.165, 1.54) is 6.07 Å². The summed E-state index contributed by atoms with van der Waals surface area (Å²) >= 11 is 1.95. The van der Waals surface area contributed by atoms with Gasteiger partial charge in [-0.2, -0.15) is 5.10 Å². The molecule has 0 radical (unpaired) electrons. The Morgan fingerprint density at radius 2 is 2.23 bits per heavy atom. The van der Waals surface area contributed by atoms with E-state index in [0.29, 0.717) is 3.57 Å². The Bertz CT molecular complexity index is 412. The summed E-state index contributed by atoms with van der Waals surface area (Å²) in [4.78, 5) is 0. The van der Waals surface area contributed by atoms with Crippen molar-refractivity contribution in [3.8, 4) is 5.69 Å². The van der Waals surface area contributed by atoms with E-state index >= 15 is 0 Å². The second-order valence-electron chi connectivity index (χ2n) is 2.55. The highest BCUT2D eigenvalue weighted by Gasteiger charge is 2.01. The van der Waals surface area contributed by atoms with Crippen LogP contribution >= 0.6 is 22.6 Å². The number of nitrogens with zero attached hydrogens (tertiary/aromatic N) is 2. The molecule has 1 heterocycles. The lowest BCUT2D eigenvalue weighted by Crippen LogP contribution is -1.95. The van der Waals surface area contributed by atoms with Gasteiger partial charge in [-0.05, 0) is 40.8 Å². The molecule has 0 bridgehead atoms. The highest BCUT2D eigenvalue weighted by molar-refractivity contribution is 14.1. The SMILES string of the molecule is Fc1cc(-n2cccn2)ccc1I. The number of aromatic nitrogens is 2. The summed E-state index contributed by atoms with van der Waals surface area (Å²) in [6.45, 7) is 0. The van der Waals surface area contributed by atoms with Crippen molar-refractivity contribution in [2.45, 2.75) is 0 Å². The molecule has 0 amide bonds. The molecule has 1 aromatic carbocycles. The van der Waals surface area contributed by atoms with Gasteiger partial charge >= 0.3 is 0 Å². The number of benzene rings is 1. The summed E-state index contributed by atoms with van der Waals surface area (Å²) in [6.07, 6.45) is 3.44. The molecule has 0 aliphatic carbocycles. The average molecular weight is 288 g/mol. The van der Waals surface area contributed by atoms with Crippen LogP contribution < -0.4 is 0 Å². The molecule has 0 saturated heterocycles. The molecule has 13 heavy (non-hydrogen) atoms. The lowest BCUT2D eigenvalue weighted by atomic mass is 10.3. The Morgan fingerprint density at radius 1 is 1.38 bits per heavy atom. The monoisotopic (exact) mass is 288 g/mol. The van der Waals surface area contributed by atoms with Gasteiger partial charge in [0.1, 0.15) is 5.82 Å². The Kier molecular flexibility index (Phi) is 2.30. The number of hydrogen-bond donors (Lipinski definition) is 0. The van der Waals surface area contributed by atoms with E-state index in [4.69, 9.17) is 0 Å². The van der Waals surface area contributed by atoms with Gasteiger partial charge in [0, 0.05) is 22.0 Å². The Hall–Kier alpha value is -0.910. The second kappa shape index (κ2) is 3.45. The molecule has 66 valence electrons. The largest absolute Gasteiger partial charge is 0.241 e. The van der Waals surface area contributed by atoms with E-state index < -0.39 is 0 Å². The van der Waals surface area contributed by atoms with Gasteiger partial charge in [0.2, 0.25) is 0 Å². The first kappa shape index (κ1) is 8.68. The lowest BCUT2D eigenvalue weighted by molar-refractivity contribution is 0.618. The van der Waals surface area contributed by atoms with Crippen molar-refractivity contribution in [1.29, 1.82) is 0 Å². The van der Waals surface area contributed by atoms with Crippen molar-refractivity contribution in [3.63, 3.8) is 0 Å². The maximum atomic E-state index is 13.1. The molecule has 1 aromatic heterocycles. The first-order chi connectivity index (χ1) is 6.27. The summed E-state index contributed by atoms with van der Waals surface area (Å²) < 4.78 is 15.4. The predicted molar refractivity (Wildman–Crippen MR) is 56.2 cm³/mol. The highest BCUT2D eigenvalue weighted by Crippen LogP contribution is 2.14.